The van der Waals surface area contributed by atoms with Crippen LogP contribution in [0.2, 0.25) is 0 Å². The molecule has 1 amide bonds. The van der Waals surface area contributed by atoms with Crippen LogP contribution in [-0.2, 0) is 4.79 Å². The lowest BCUT2D eigenvalue weighted by Crippen LogP contribution is -2.40. The smallest absolute Gasteiger partial charge is 0.222 e. The number of piperidine rings is 2. The number of nitrogens with zero attached hydrogens (tertiary/aromatic N) is 1. The molecule has 2 fully saturated rings. The quantitative estimate of drug-likeness (QED) is 0.860. The van der Waals surface area contributed by atoms with Crippen molar-refractivity contribution in [2.24, 2.45) is 11.8 Å². The topological polar surface area (TPSA) is 52.6 Å². The Morgan fingerprint density at radius 3 is 2.44 bits per heavy atom. The van der Waals surface area contributed by atoms with Gasteiger partial charge < -0.3 is 15.3 Å². The van der Waals surface area contributed by atoms with Gasteiger partial charge in [-0.1, -0.05) is 12.1 Å². The molecule has 0 saturated carbocycles. The predicted molar refractivity (Wildman–Crippen MR) is 95.5 cm³/mol. The second-order valence-electron chi connectivity index (χ2n) is 7.45. The second-order valence-corrected chi connectivity index (χ2v) is 7.45. The highest BCUT2D eigenvalue weighted by Crippen LogP contribution is 2.31. The van der Waals surface area contributed by atoms with E-state index >= 15 is 0 Å². The third kappa shape index (κ3) is 5.02. The van der Waals surface area contributed by atoms with E-state index in [1.807, 2.05) is 4.90 Å². The minimum atomic E-state index is -0.576. The molecule has 25 heavy (non-hydrogen) atoms. The molecule has 5 heteroatoms. The molecule has 1 aromatic rings. The number of halogens is 1. The third-order valence-electron chi connectivity index (χ3n) is 5.78. The van der Waals surface area contributed by atoms with Gasteiger partial charge in [0.05, 0.1) is 6.10 Å². The molecule has 1 unspecified atom stereocenters. The first-order valence-corrected chi connectivity index (χ1v) is 9.55. The zero-order valence-corrected chi connectivity index (χ0v) is 14.8. The third-order valence-corrected chi connectivity index (χ3v) is 5.78. The van der Waals surface area contributed by atoms with Crippen LogP contribution in [0.15, 0.2) is 24.3 Å². The van der Waals surface area contributed by atoms with Gasteiger partial charge in [0.1, 0.15) is 5.82 Å². The van der Waals surface area contributed by atoms with Crippen molar-refractivity contribution >= 4 is 5.91 Å². The van der Waals surface area contributed by atoms with Gasteiger partial charge in [0, 0.05) is 19.5 Å². The largest absolute Gasteiger partial charge is 0.388 e. The maximum absolute atomic E-state index is 13.0. The van der Waals surface area contributed by atoms with E-state index in [1.54, 1.807) is 12.1 Å². The number of carbonyl (C=O) groups excluding carboxylic acids is 1. The van der Waals surface area contributed by atoms with Crippen molar-refractivity contribution in [3.8, 4) is 0 Å². The van der Waals surface area contributed by atoms with Crippen LogP contribution in [0.4, 0.5) is 4.39 Å². The summed E-state index contributed by atoms with van der Waals surface area (Å²) in [7, 11) is 0. The van der Waals surface area contributed by atoms with Crippen LogP contribution >= 0.6 is 0 Å². The fraction of sp³-hybridized carbons (Fsp3) is 0.650. The summed E-state index contributed by atoms with van der Waals surface area (Å²) in [4.78, 5) is 14.4. The summed E-state index contributed by atoms with van der Waals surface area (Å²) in [5.41, 5.74) is 0.761. The maximum atomic E-state index is 13.0. The molecule has 0 aromatic heterocycles. The van der Waals surface area contributed by atoms with E-state index < -0.39 is 6.10 Å². The van der Waals surface area contributed by atoms with Crippen LogP contribution in [0, 0.1) is 17.7 Å². The number of likely N-dealkylation sites (tertiary alicyclic amines) is 1. The average molecular weight is 348 g/mol. The monoisotopic (exact) mass is 348 g/mol. The number of amides is 1. The van der Waals surface area contributed by atoms with E-state index in [-0.39, 0.29) is 17.6 Å². The summed E-state index contributed by atoms with van der Waals surface area (Å²) in [5, 5.41) is 13.9. The number of benzene rings is 1. The first-order valence-electron chi connectivity index (χ1n) is 9.55. The normalized spacial score (nSPS) is 21.3. The molecule has 0 aliphatic carbocycles. The predicted octanol–water partition coefficient (Wildman–Crippen LogP) is 2.88. The Morgan fingerprint density at radius 2 is 1.80 bits per heavy atom. The lowest BCUT2D eigenvalue weighted by atomic mass is 9.87. The van der Waals surface area contributed by atoms with Gasteiger partial charge >= 0.3 is 0 Å². The van der Waals surface area contributed by atoms with Gasteiger partial charge in [0.25, 0.3) is 0 Å². The summed E-state index contributed by atoms with van der Waals surface area (Å²) >= 11 is 0. The van der Waals surface area contributed by atoms with Crippen molar-refractivity contribution in [3.63, 3.8) is 0 Å². The molecule has 1 atom stereocenters. The number of carbonyl (C=O) groups is 1. The maximum Gasteiger partial charge on any atom is 0.222 e. The van der Waals surface area contributed by atoms with E-state index in [0.717, 1.165) is 37.9 Å². The summed E-state index contributed by atoms with van der Waals surface area (Å²) in [5.74, 6) is 0.792. The van der Waals surface area contributed by atoms with Crippen LogP contribution in [-0.4, -0.2) is 42.1 Å². The second kappa shape index (κ2) is 8.77. The fourth-order valence-electron chi connectivity index (χ4n) is 4.05. The molecule has 2 aliphatic rings. The number of aliphatic hydroxyl groups is 1. The van der Waals surface area contributed by atoms with Gasteiger partial charge in [0.2, 0.25) is 5.91 Å². The van der Waals surface area contributed by atoms with Gasteiger partial charge in [-0.15, -0.1) is 0 Å². The first kappa shape index (κ1) is 18.3. The molecule has 1 aromatic carbocycles. The molecule has 2 N–H and O–H groups in total. The van der Waals surface area contributed by atoms with Gasteiger partial charge in [-0.25, -0.2) is 4.39 Å². The lowest BCUT2D eigenvalue weighted by Gasteiger charge is -2.35. The summed E-state index contributed by atoms with van der Waals surface area (Å²) < 4.78 is 13.0. The molecular formula is C20H29FN2O2. The van der Waals surface area contributed by atoms with Crippen LogP contribution in [0.3, 0.4) is 0 Å². The van der Waals surface area contributed by atoms with Crippen LogP contribution in [0.5, 0.6) is 0 Å². The molecule has 138 valence electrons. The summed E-state index contributed by atoms with van der Waals surface area (Å²) in [6.07, 6.45) is 5.04. The summed E-state index contributed by atoms with van der Waals surface area (Å²) in [6.45, 7) is 3.58. The Labute approximate surface area is 149 Å². The minimum Gasteiger partial charge on any atom is -0.388 e. The first-order chi connectivity index (χ1) is 12.1. The van der Waals surface area contributed by atoms with Crippen LogP contribution < -0.4 is 5.32 Å². The molecule has 4 nitrogen and oxygen atoms in total. The Hall–Kier alpha value is -1.46. The molecule has 2 saturated heterocycles. The van der Waals surface area contributed by atoms with E-state index in [4.69, 9.17) is 0 Å². The van der Waals surface area contributed by atoms with Crippen molar-refractivity contribution in [1.82, 2.24) is 10.2 Å². The Balaban J connectivity index is 1.43. The number of aliphatic hydroxyl groups excluding tert-OH is 1. The standard InChI is InChI=1S/C20H29FN2O2/c21-18-4-2-16(3-5-18)20(25)17-9-13-23(14-10-17)19(24)6-1-15-7-11-22-12-8-15/h2-5,15,17,20,22,25H,1,6-14H2. The minimum absolute atomic E-state index is 0.138. The van der Waals surface area contributed by atoms with Crippen molar-refractivity contribution < 1.29 is 14.3 Å². The van der Waals surface area contributed by atoms with E-state index in [9.17, 15) is 14.3 Å². The highest BCUT2D eigenvalue weighted by Gasteiger charge is 2.28. The Kier molecular flexibility index (Phi) is 6.43. The molecular weight excluding hydrogens is 319 g/mol. The van der Waals surface area contributed by atoms with Crippen molar-refractivity contribution in [1.29, 1.82) is 0 Å². The SMILES string of the molecule is O=C(CCC1CCNCC1)N1CCC(C(O)c2ccc(F)cc2)CC1. The van der Waals surface area contributed by atoms with Crippen molar-refractivity contribution in [2.45, 2.75) is 44.6 Å². The Bertz CT molecular complexity index is 549. The Morgan fingerprint density at radius 1 is 1.16 bits per heavy atom. The average Bonchev–Trinajstić information content (AvgIpc) is 2.67. The van der Waals surface area contributed by atoms with Gasteiger partial charge in [-0.05, 0) is 74.7 Å². The van der Waals surface area contributed by atoms with Crippen molar-refractivity contribution in [2.75, 3.05) is 26.2 Å². The van der Waals surface area contributed by atoms with Gasteiger partial charge in [-0.2, -0.15) is 0 Å². The van der Waals surface area contributed by atoms with E-state index in [1.165, 1.54) is 25.0 Å². The zero-order valence-electron chi connectivity index (χ0n) is 14.8. The highest BCUT2D eigenvalue weighted by molar-refractivity contribution is 5.76. The number of hydrogen-bond acceptors (Lipinski definition) is 3. The lowest BCUT2D eigenvalue weighted by molar-refractivity contribution is -0.133. The molecule has 0 radical (unpaired) electrons. The highest BCUT2D eigenvalue weighted by atomic mass is 19.1. The van der Waals surface area contributed by atoms with E-state index in [0.29, 0.717) is 25.4 Å². The van der Waals surface area contributed by atoms with Crippen LogP contribution in [0.1, 0.15) is 50.2 Å². The number of rotatable bonds is 5. The zero-order chi connectivity index (χ0) is 17.6. The van der Waals surface area contributed by atoms with E-state index in [2.05, 4.69) is 5.32 Å². The van der Waals surface area contributed by atoms with Crippen LogP contribution in [0.25, 0.3) is 0 Å². The molecule has 0 bridgehead atoms. The molecule has 0 spiro atoms. The molecule has 2 aliphatic heterocycles. The van der Waals surface area contributed by atoms with Gasteiger partial charge in [-0.3, -0.25) is 4.79 Å². The molecule has 2 heterocycles. The van der Waals surface area contributed by atoms with Crippen molar-refractivity contribution in [3.05, 3.63) is 35.6 Å². The number of nitrogens with one attached hydrogen (secondary N) is 1. The molecule has 3 rings (SSSR count). The number of hydrogen-bond donors (Lipinski definition) is 2. The summed E-state index contributed by atoms with van der Waals surface area (Å²) in [6, 6.07) is 6.07. The fourth-order valence-corrected chi connectivity index (χ4v) is 4.05. The van der Waals surface area contributed by atoms with Gasteiger partial charge in [0.15, 0.2) is 0 Å².